The fraction of sp³-hybridized carbons (Fsp3) is 0.625. The highest BCUT2D eigenvalue weighted by atomic mass is 16.4. The number of hydrogen-bond acceptors (Lipinski definition) is 4. The monoisotopic (exact) mass is 199 g/mol. The highest BCUT2D eigenvalue weighted by Gasteiger charge is 2.70. The number of β-amino-alcohol motifs (C(OH)–C–C–N with tert-alkyl or cyclic N) is 1. The number of nitrogens with zero attached hydrogens (tertiary/aromatic N) is 1. The van der Waals surface area contributed by atoms with Gasteiger partial charge in [-0.1, -0.05) is 0 Å². The van der Waals surface area contributed by atoms with Crippen LogP contribution in [0.5, 0.6) is 0 Å². The zero-order chi connectivity index (χ0) is 10.5. The van der Waals surface area contributed by atoms with Gasteiger partial charge in [-0.05, 0) is 0 Å². The number of carboxylic acid groups (broad SMARTS) is 1. The van der Waals surface area contributed by atoms with E-state index in [0.29, 0.717) is 0 Å². The molecule has 2 amide bonds. The van der Waals surface area contributed by atoms with Crippen LogP contribution in [0.2, 0.25) is 0 Å². The second-order valence-electron chi connectivity index (χ2n) is 3.47. The lowest BCUT2D eigenvalue weighted by Crippen LogP contribution is -2.37. The van der Waals surface area contributed by atoms with E-state index in [9.17, 15) is 14.4 Å². The minimum Gasteiger partial charge on any atom is -0.481 e. The number of aliphatic hydroxyl groups is 1. The molecule has 1 aliphatic heterocycles. The average molecular weight is 199 g/mol. The number of piperidine rings is 1. The lowest BCUT2D eigenvalue weighted by atomic mass is 10.2. The van der Waals surface area contributed by atoms with Gasteiger partial charge in [-0.3, -0.25) is 19.3 Å². The van der Waals surface area contributed by atoms with Crippen LogP contribution in [0.4, 0.5) is 0 Å². The molecule has 0 radical (unpaired) electrons. The van der Waals surface area contributed by atoms with Gasteiger partial charge in [0, 0.05) is 0 Å². The van der Waals surface area contributed by atoms with Crippen LogP contribution in [0.1, 0.15) is 0 Å². The number of amides is 2. The van der Waals surface area contributed by atoms with Gasteiger partial charge < -0.3 is 10.2 Å². The van der Waals surface area contributed by atoms with E-state index in [1.54, 1.807) is 0 Å². The minimum absolute atomic E-state index is 0.0307. The SMILES string of the molecule is O=C(O)C1C2C(=O)N(CCO)C(=O)C12. The van der Waals surface area contributed by atoms with Crippen molar-refractivity contribution in [1.82, 2.24) is 4.90 Å². The predicted octanol–water partition coefficient (Wildman–Crippen LogP) is -1.71. The topological polar surface area (TPSA) is 94.9 Å². The van der Waals surface area contributed by atoms with Crippen molar-refractivity contribution in [2.75, 3.05) is 13.2 Å². The summed E-state index contributed by atoms with van der Waals surface area (Å²) < 4.78 is 0. The van der Waals surface area contributed by atoms with E-state index in [4.69, 9.17) is 10.2 Å². The number of carbonyl (C=O) groups excluding carboxylic acids is 2. The first kappa shape index (κ1) is 9.14. The first-order chi connectivity index (χ1) is 6.59. The zero-order valence-corrected chi connectivity index (χ0v) is 7.21. The molecule has 0 spiro atoms. The van der Waals surface area contributed by atoms with Crippen molar-refractivity contribution in [3.05, 3.63) is 0 Å². The third-order valence-corrected chi connectivity index (χ3v) is 2.73. The Labute approximate surface area is 79.1 Å². The molecule has 76 valence electrons. The van der Waals surface area contributed by atoms with Gasteiger partial charge in [0.15, 0.2) is 0 Å². The molecule has 6 nitrogen and oxygen atoms in total. The van der Waals surface area contributed by atoms with Crippen LogP contribution < -0.4 is 0 Å². The maximum Gasteiger partial charge on any atom is 0.308 e. The van der Waals surface area contributed by atoms with Crippen molar-refractivity contribution in [2.24, 2.45) is 17.8 Å². The van der Waals surface area contributed by atoms with Crippen LogP contribution >= 0.6 is 0 Å². The number of aliphatic hydroxyl groups excluding tert-OH is 1. The fourth-order valence-corrected chi connectivity index (χ4v) is 2.02. The molecule has 2 aliphatic rings. The normalized spacial score (nSPS) is 34.6. The number of hydrogen-bond donors (Lipinski definition) is 2. The molecular weight excluding hydrogens is 190 g/mol. The van der Waals surface area contributed by atoms with Gasteiger partial charge in [-0.15, -0.1) is 0 Å². The van der Waals surface area contributed by atoms with Gasteiger partial charge in [0.1, 0.15) is 0 Å². The third-order valence-electron chi connectivity index (χ3n) is 2.73. The van der Waals surface area contributed by atoms with Crippen molar-refractivity contribution in [3.8, 4) is 0 Å². The molecule has 0 bridgehead atoms. The lowest BCUT2D eigenvalue weighted by Gasteiger charge is -2.15. The Morgan fingerprint density at radius 3 is 2.14 bits per heavy atom. The molecule has 2 rings (SSSR count). The standard InChI is InChI=1S/C8H9NO5/c10-2-1-9-6(11)3-4(7(9)12)5(3)8(13)14/h3-5,10H,1-2H2,(H,13,14). The molecule has 2 unspecified atom stereocenters. The van der Waals surface area contributed by atoms with Crippen molar-refractivity contribution in [1.29, 1.82) is 0 Å². The molecule has 1 heterocycles. The molecule has 6 heteroatoms. The molecule has 2 atom stereocenters. The summed E-state index contributed by atoms with van der Waals surface area (Å²) in [6.45, 7) is -0.314. The number of aliphatic carboxylic acids is 1. The van der Waals surface area contributed by atoms with Gasteiger partial charge in [0.05, 0.1) is 30.9 Å². The van der Waals surface area contributed by atoms with Gasteiger partial charge in [-0.25, -0.2) is 0 Å². The second-order valence-corrected chi connectivity index (χ2v) is 3.47. The molecule has 2 fully saturated rings. The van der Waals surface area contributed by atoms with Gasteiger partial charge >= 0.3 is 5.97 Å². The van der Waals surface area contributed by atoms with Crippen molar-refractivity contribution in [3.63, 3.8) is 0 Å². The number of carboxylic acids is 1. The van der Waals surface area contributed by atoms with Crippen LogP contribution in [0.3, 0.4) is 0 Å². The van der Waals surface area contributed by atoms with E-state index in [1.807, 2.05) is 0 Å². The van der Waals surface area contributed by atoms with Crippen molar-refractivity contribution in [2.45, 2.75) is 0 Å². The summed E-state index contributed by atoms with van der Waals surface area (Å²) >= 11 is 0. The molecule has 1 saturated heterocycles. The Hall–Kier alpha value is -1.43. The fourth-order valence-electron chi connectivity index (χ4n) is 2.02. The Balaban J connectivity index is 2.13. The van der Waals surface area contributed by atoms with E-state index in [1.165, 1.54) is 0 Å². The smallest absolute Gasteiger partial charge is 0.308 e. The molecular formula is C8H9NO5. The summed E-state index contributed by atoms with van der Waals surface area (Å²) in [7, 11) is 0. The van der Waals surface area contributed by atoms with E-state index in [-0.39, 0.29) is 13.2 Å². The Morgan fingerprint density at radius 1 is 1.29 bits per heavy atom. The third kappa shape index (κ3) is 0.971. The summed E-state index contributed by atoms with van der Waals surface area (Å²) in [6.07, 6.45) is 0. The lowest BCUT2D eigenvalue weighted by molar-refractivity contribution is -0.149. The summed E-state index contributed by atoms with van der Waals surface area (Å²) in [5.41, 5.74) is 0. The second kappa shape index (κ2) is 2.78. The first-order valence-corrected chi connectivity index (χ1v) is 4.28. The van der Waals surface area contributed by atoms with Crippen LogP contribution in [0.25, 0.3) is 0 Å². The van der Waals surface area contributed by atoms with E-state index < -0.39 is 35.5 Å². The zero-order valence-electron chi connectivity index (χ0n) is 7.21. The van der Waals surface area contributed by atoms with Crippen molar-refractivity contribution < 1.29 is 24.6 Å². The molecule has 0 aromatic carbocycles. The Morgan fingerprint density at radius 2 is 1.79 bits per heavy atom. The Bertz CT molecular complexity index is 304. The quantitative estimate of drug-likeness (QED) is 0.528. The molecule has 1 aliphatic carbocycles. The van der Waals surface area contributed by atoms with E-state index in [0.717, 1.165) is 4.90 Å². The van der Waals surface area contributed by atoms with Crippen LogP contribution in [-0.2, 0) is 14.4 Å². The summed E-state index contributed by atoms with van der Waals surface area (Å²) in [4.78, 5) is 34.3. The molecule has 1 saturated carbocycles. The Kier molecular flexibility index (Phi) is 1.81. The number of fused-ring (bicyclic) bond motifs is 1. The van der Waals surface area contributed by atoms with Crippen molar-refractivity contribution >= 4 is 17.8 Å². The molecule has 0 aromatic heterocycles. The molecule has 0 aromatic rings. The minimum atomic E-state index is -1.09. The maximum absolute atomic E-state index is 11.4. The van der Waals surface area contributed by atoms with Gasteiger partial charge in [0.2, 0.25) is 11.8 Å². The van der Waals surface area contributed by atoms with E-state index in [2.05, 4.69) is 0 Å². The average Bonchev–Trinajstić information content (AvgIpc) is 2.81. The van der Waals surface area contributed by atoms with Gasteiger partial charge in [-0.2, -0.15) is 0 Å². The molecule has 2 N–H and O–H groups in total. The number of likely N-dealkylation sites (tertiary alicyclic amines) is 1. The molecule has 14 heavy (non-hydrogen) atoms. The number of carbonyl (C=O) groups is 3. The largest absolute Gasteiger partial charge is 0.481 e. The number of rotatable bonds is 3. The first-order valence-electron chi connectivity index (χ1n) is 4.28. The summed E-state index contributed by atoms with van der Waals surface area (Å²) in [6, 6.07) is 0. The maximum atomic E-state index is 11.4. The van der Waals surface area contributed by atoms with Crippen LogP contribution in [0, 0.1) is 17.8 Å². The highest BCUT2D eigenvalue weighted by Crippen LogP contribution is 2.53. The van der Waals surface area contributed by atoms with Crippen LogP contribution in [-0.4, -0.2) is 46.0 Å². The summed E-state index contributed by atoms with van der Waals surface area (Å²) in [5.74, 6) is -4.18. The predicted molar refractivity (Wildman–Crippen MR) is 41.9 cm³/mol. The van der Waals surface area contributed by atoms with Crippen LogP contribution in [0.15, 0.2) is 0 Å². The highest BCUT2D eigenvalue weighted by molar-refractivity contribution is 6.13. The summed E-state index contributed by atoms with van der Waals surface area (Å²) in [5, 5.41) is 17.2. The number of imide groups is 1. The van der Waals surface area contributed by atoms with E-state index >= 15 is 0 Å². The van der Waals surface area contributed by atoms with Gasteiger partial charge in [0.25, 0.3) is 0 Å².